The Kier molecular flexibility index (Phi) is 8.48. The van der Waals surface area contributed by atoms with Crippen LogP contribution in [0.5, 0.6) is 11.5 Å². The molecule has 0 fully saturated rings. The lowest BCUT2D eigenvalue weighted by atomic mass is 10.0. The Bertz CT molecular complexity index is 943. The molecule has 8 nitrogen and oxygen atoms in total. The number of amides is 1. The quantitative estimate of drug-likeness (QED) is 0.183. The van der Waals surface area contributed by atoms with Gasteiger partial charge in [0, 0.05) is 12.8 Å². The van der Waals surface area contributed by atoms with Gasteiger partial charge in [0.1, 0.15) is 6.04 Å². The number of fused-ring (bicyclic) bond motifs is 1. The van der Waals surface area contributed by atoms with Crippen LogP contribution in [0.15, 0.2) is 47.6 Å². The molecule has 1 heterocycles. The molecule has 3 N–H and O–H groups in total. The van der Waals surface area contributed by atoms with Crippen molar-refractivity contribution in [2.24, 2.45) is 10.9 Å². The van der Waals surface area contributed by atoms with Gasteiger partial charge in [-0.1, -0.05) is 30.3 Å². The van der Waals surface area contributed by atoms with Crippen molar-refractivity contribution in [2.75, 3.05) is 13.4 Å². The number of carbonyl (C=O) groups is 2. The first-order chi connectivity index (χ1) is 15.6. The number of esters is 1. The molecular weight excluding hydrogens is 410 g/mol. The van der Waals surface area contributed by atoms with Gasteiger partial charge in [-0.05, 0) is 55.0 Å². The van der Waals surface area contributed by atoms with Crippen LogP contribution in [0.3, 0.4) is 0 Å². The molecule has 1 amide bonds. The molecule has 170 valence electrons. The number of ether oxygens (including phenoxy) is 3. The Labute approximate surface area is 187 Å². The lowest BCUT2D eigenvalue weighted by Crippen LogP contribution is -2.43. The highest BCUT2D eigenvalue weighted by molar-refractivity contribution is 5.84. The molecule has 1 atom stereocenters. The summed E-state index contributed by atoms with van der Waals surface area (Å²) in [5, 5.41) is 6.33. The van der Waals surface area contributed by atoms with E-state index in [0.29, 0.717) is 24.3 Å². The van der Waals surface area contributed by atoms with Gasteiger partial charge in [-0.3, -0.25) is 4.79 Å². The highest BCUT2D eigenvalue weighted by Crippen LogP contribution is 2.32. The van der Waals surface area contributed by atoms with Crippen LogP contribution in [0.25, 0.3) is 0 Å². The van der Waals surface area contributed by atoms with Gasteiger partial charge in [0.25, 0.3) is 0 Å². The lowest BCUT2D eigenvalue weighted by Gasteiger charge is -2.17. The molecule has 0 aliphatic carbocycles. The second-order valence-electron chi connectivity index (χ2n) is 7.49. The van der Waals surface area contributed by atoms with Crippen LogP contribution in [-0.2, 0) is 27.2 Å². The maximum absolute atomic E-state index is 12.5. The predicted molar refractivity (Wildman–Crippen MR) is 121 cm³/mol. The smallest absolute Gasteiger partial charge is 0.328 e. The van der Waals surface area contributed by atoms with E-state index in [9.17, 15) is 9.59 Å². The van der Waals surface area contributed by atoms with Gasteiger partial charge >= 0.3 is 5.97 Å². The number of hydrazone groups is 1. The first-order valence-electron chi connectivity index (χ1n) is 10.8. The molecule has 1 unspecified atom stereocenters. The minimum absolute atomic E-state index is 0.168. The molecule has 0 aromatic heterocycles. The zero-order valence-electron chi connectivity index (χ0n) is 18.2. The first kappa shape index (κ1) is 23.1. The molecular formula is C24H29N3O5. The molecule has 0 bridgehead atoms. The summed E-state index contributed by atoms with van der Waals surface area (Å²) in [5.41, 5.74) is 2.99. The lowest BCUT2D eigenvalue weighted by molar-refractivity contribution is -0.147. The van der Waals surface area contributed by atoms with Crippen molar-refractivity contribution in [3.8, 4) is 11.5 Å². The number of nitrogens with one attached hydrogen (secondary N) is 1. The molecule has 1 aliphatic heterocycles. The maximum Gasteiger partial charge on any atom is 0.328 e. The predicted octanol–water partition coefficient (Wildman–Crippen LogP) is 2.71. The van der Waals surface area contributed by atoms with E-state index >= 15 is 0 Å². The van der Waals surface area contributed by atoms with Crippen molar-refractivity contribution in [2.45, 2.75) is 45.1 Å². The Morgan fingerprint density at radius 2 is 1.88 bits per heavy atom. The zero-order valence-corrected chi connectivity index (χ0v) is 18.2. The summed E-state index contributed by atoms with van der Waals surface area (Å²) in [6.07, 6.45) is 4.71. The molecule has 0 saturated carbocycles. The maximum atomic E-state index is 12.5. The third kappa shape index (κ3) is 6.73. The first-order valence-corrected chi connectivity index (χ1v) is 10.8. The van der Waals surface area contributed by atoms with Crippen LogP contribution >= 0.6 is 0 Å². The molecule has 8 heteroatoms. The molecule has 0 saturated heterocycles. The second-order valence-corrected chi connectivity index (χ2v) is 7.49. The van der Waals surface area contributed by atoms with Crippen LogP contribution in [0.1, 0.15) is 42.9 Å². The van der Waals surface area contributed by atoms with Crippen LogP contribution in [0.4, 0.5) is 0 Å². The standard InChI is InChI=1S/C24H29N3O5/c1-2-30-24(29)20(13-19-11-12-21-22(14-19)32-16-31-21)27-23(28)6-4-3-5-17-7-9-18(10-8-17)15-26-25/h7-12,14-15,20H,2-6,13,16,25H2,1H3,(H,27,28). The number of rotatable bonds is 11. The van der Waals surface area contributed by atoms with E-state index in [2.05, 4.69) is 10.4 Å². The number of hydrogen-bond donors (Lipinski definition) is 2. The van der Waals surface area contributed by atoms with E-state index in [0.717, 1.165) is 30.4 Å². The molecule has 3 rings (SSSR count). The number of nitrogens with two attached hydrogens (primary N) is 1. The fourth-order valence-electron chi connectivity index (χ4n) is 3.48. The van der Waals surface area contributed by atoms with Crippen molar-refractivity contribution in [3.63, 3.8) is 0 Å². The number of aryl methyl sites for hydroxylation is 1. The van der Waals surface area contributed by atoms with Crippen molar-refractivity contribution in [3.05, 3.63) is 59.2 Å². The van der Waals surface area contributed by atoms with E-state index in [4.69, 9.17) is 20.1 Å². The zero-order chi connectivity index (χ0) is 22.8. The van der Waals surface area contributed by atoms with E-state index in [1.54, 1.807) is 19.2 Å². The van der Waals surface area contributed by atoms with Gasteiger partial charge in [-0.25, -0.2) is 4.79 Å². The molecule has 32 heavy (non-hydrogen) atoms. The average molecular weight is 440 g/mol. The minimum atomic E-state index is -0.750. The Hall–Kier alpha value is -3.55. The normalized spacial score (nSPS) is 13.2. The van der Waals surface area contributed by atoms with Crippen LogP contribution < -0.4 is 20.6 Å². The van der Waals surface area contributed by atoms with E-state index < -0.39 is 12.0 Å². The highest BCUT2D eigenvalue weighted by Gasteiger charge is 2.23. The van der Waals surface area contributed by atoms with Crippen molar-refractivity contribution in [1.82, 2.24) is 5.32 Å². The van der Waals surface area contributed by atoms with Crippen LogP contribution in [0, 0.1) is 0 Å². The second kappa shape index (κ2) is 11.7. The largest absolute Gasteiger partial charge is 0.464 e. The van der Waals surface area contributed by atoms with E-state index in [1.165, 1.54) is 5.56 Å². The Morgan fingerprint density at radius 1 is 1.12 bits per heavy atom. The summed E-state index contributed by atoms with van der Waals surface area (Å²) in [4.78, 5) is 24.9. The van der Waals surface area contributed by atoms with Crippen LogP contribution in [-0.4, -0.2) is 37.5 Å². The van der Waals surface area contributed by atoms with Gasteiger partial charge in [0.05, 0.1) is 12.8 Å². The monoisotopic (exact) mass is 439 g/mol. The van der Waals surface area contributed by atoms with Gasteiger partial charge in [0.2, 0.25) is 12.7 Å². The summed E-state index contributed by atoms with van der Waals surface area (Å²) in [5.74, 6) is 5.85. The minimum Gasteiger partial charge on any atom is -0.464 e. The van der Waals surface area contributed by atoms with Crippen LogP contribution in [0.2, 0.25) is 0 Å². The summed E-state index contributed by atoms with van der Waals surface area (Å²) in [6.45, 7) is 2.18. The average Bonchev–Trinajstić information content (AvgIpc) is 3.26. The SMILES string of the molecule is CCOC(=O)C(Cc1ccc2c(c1)OCO2)NC(=O)CCCCc1ccc(C=NN)cc1. The molecule has 2 aromatic rings. The van der Waals surface area contributed by atoms with Crippen molar-refractivity contribution in [1.29, 1.82) is 0 Å². The van der Waals surface area contributed by atoms with E-state index in [1.807, 2.05) is 36.4 Å². The Morgan fingerprint density at radius 3 is 2.62 bits per heavy atom. The van der Waals surface area contributed by atoms with Crippen molar-refractivity contribution < 1.29 is 23.8 Å². The molecule has 0 spiro atoms. The van der Waals surface area contributed by atoms with Crippen molar-refractivity contribution >= 4 is 18.1 Å². The number of carbonyl (C=O) groups excluding carboxylic acids is 2. The van der Waals surface area contributed by atoms with Gasteiger partial charge < -0.3 is 25.4 Å². The summed E-state index contributed by atoms with van der Waals surface area (Å²) in [6, 6.07) is 12.7. The van der Waals surface area contributed by atoms with E-state index in [-0.39, 0.29) is 19.3 Å². The third-order valence-corrected chi connectivity index (χ3v) is 5.11. The fraction of sp³-hybridized carbons (Fsp3) is 0.375. The van der Waals surface area contributed by atoms with Gasteiger partial charge in [-0.2, -0.15) is 5.10 Å². The Balaban J connectivity index is 1.48. The van der Waals surface area contributed by atoms with Gasteiger partial charge in [-0.15, -0.1) is 0 Å². The molecule has 1 aliphatic rings. The topological polar surface area (TPSA) is 112 Å². The molecule has 2 aromatic carbocycles. The summed E-state index contributed by atoms with van der Waals surface area (Å²) >= 11 is 0. The fourth-order valence-corrected chi connectivity index (χ4v) is 3.48. The third-order valence-electron chi connectivity index (χ3n) is 5.11. The summed E-state index contributed by atoms with van der Waals surface area (Å²) < 4.78 is 15.9. The molecule has 0 radical (unpaired) electrons. The number of hydrogen-bond acceptors (Lipinski definition) is 7. The van der Waals surface area contributed by atoms with Gasteiger partial charge in [0.15, 0.2) is 11.5 Å². The highest BCUT2D eigenvalue weighted by atomic mass is 16.7. The number of unbranched alkanes of at least 4 members (excludes halogenated alkanes) is 1. The summed E-state index contributed by atoms with van der Waals surface area (Å²) in [7, 11) is 0. The number of benzene rings is 2. The number of nitrogens with zero attached hydrogens (tertiary/aromatic N) is 1.